The topological polar surface area (TPSA) is 59.6 Å². The lowest BCUT2D eigenvalue weighted by atomic mass is 10.2. The van der Waals surface area contributed by atoms with E-state index in [0.29, 0.717) is 36.2 Å². The van der Waals surface area contributed by atoms with Gasteiger partial charge < -0.3 is 14.8 Å². The highest BCUT2D eigenvalue weighted by molar-refractivity contribution is 9.10. The third kappa shape index (κ3) is 7.66. The van der Waals surface area contributed by atoms with Crippen LogP contribution in [-0.2, 0) is 11.2 Å². The smallest absolute Gasteiger partial charge is 0.257 e. The van der Waals surface area contributed by atoms with Crippen LogP contribution in [0.5, 0.6) is 5.75 Å². The van der Waals surface area contributed by atoms with Gasteiger partial charge >= 0.3 is 0 Å². The molecule has 1 amide bonds. The number of benzene rings is 2. The Kier molecular flexibility index (Phi) is 9.24. The highest BCUT2D eigenvalue weighted by Gasteiger charge is 2.11. The number of hydrogen-bond acceptors (Lipinski definition) is 4. The Morgan fingerprint density at radius 2 is 1.93 bits per heavy atom. The second-order valence-corrected chi connectivity index (χ2v) is 7.05. The van der Waals surface area contributed by atoms with Gasteiger partial charge in [0, 0.05) is 32.2 Å². The van der Waals surface area contributed by atoms with E-state index in [-0.39, 0.29) is 5.91 Å². The zero-order valence-electron chi connectivity index (χ0n) is 15.2. The van der Waals surface area contributed by atoms with E-state index in [4.69, 9.17) is 21.7 Å². The van der Waals surface area contributed by atoms with E-state index in [1.807, 2.05) is 18.2 Å². The molecule has 2 aromatic carbocycles. The van der Waals surface area contributed by atoms with E-state index in [2.05, 4.69) is 38.7 Å². The van der Waals surface area contributed by atoms with Crippen LogP contribution in [0.3, 0.4) is 0 Å². The Morgan fingerprint density at radius 3 is 2.63 bits per heavy atom. The first-order valence-electron chi connectivity index (χ1n) is 8.64. The molecule has 0 bridgehead atoms. The zero-order chi connectivity index (χ0) is 19.5. The van der Waals surface area contributed by atoms with Gasteiger partial charge in [0.25, 0.3) is 5.91 Å². The van der Waals surface area contributed by atoms with Crippen LogP contribution < -0.4 is 15.4 Å². The van der Waals surface area contributed by atoms with Crippen LogP contribution in [-0.4, -0.2) is 37.9 Å². The molecule has 0 fully saturated rings. The van der Waals surface area contributed by atoms with E-state index in [9.17, 15) is 4.79 Å². The van der Waals surface area contributed by atoms with Crippen molar-refractivity contribution in [2.45, 2.75) is 12.8 Å². The number of hydrogen-bond donors (Lipinski definition) is 2. The third-order valence-corrected chi connectivity index (χ3v) is 4.59. The maximum Gasteiger partial charge on any atom is 0.257 e. The van der Waals surface area contributed by atoms with Crippen molar-refractivity contribution in [3.8, 4) is 5.75 Å². The molecular weight excluding hydrogens is 428 g/mol. The monoisotopic (exact) mass is 450 g/mol. The van der Waals surface area contributed by atoms with Crippen LogP contribution >= 0.6 is 28.1 Å². The Hall–Kier alpha value is -1.96. The number of amides is 1. The summed E-state index contributed by atoms with van der Waals surface area (Å²) in [6.45, 7) is 1.84. The SMILES string of the molecule is COCCCNC(=S)NC(=O)c1ccc(OCCc2ccccc2)c(Br)c1. The van der Waals surface area contributed by atoms with Crippen LogP contribution in [0.2, 0.25) is 0 Å². The fourth-order valence-electron chi connectivity index (χ4n) is 2.32. The van der Waals surface area contributed by atoms with E-state index in [1.54, 1.807) is 25.3 Å². The zero-order valence-corrected chi connectivity index (χ0v) is 17.6. The minimum absolute atomic E-state index is 0.268. The third-order valence-electron chi connectivity index (χ3n) is 3.72. The van der Waals surface area contributed by atoms with Crippen molar-refractivity contribution in [2.24, 2.45) is 0 Å². The number of halogens is 1. The van der Waals surface area contributed by atoms with E-state index in [1.165, 1.54) is 5.56 Å². The van der Waals surface area contributed by atoms with Crippen molar-refractivity contribution in [1.29, 1.82) is 0 Å². The van der Waals surface area contributed by atoms with Crippen molar-refractivity contribution in [3.63, 3.8) is 0 Å². The molecule has 0 aliphatic carbocycles. The van der Waals surface area contributed by atoms with E-state index < -0.39 is 0 Å². The standard InChI is InChI=1S/C20H23BrN2O3S/c1-25-12-5-11-22-20(27)23-19(24)16-8-9-18(17(21)14-16)26-13-10-15-6-3-2-4-7-15/h2-4,6-9,14H,5,10-13H2,1H3,(H2,22,23,24,27). The predicted octanol–water partition coefficient (Wildman–Crippen LogP) is 3.71. The molecule has 0 radical (unpaired) electrons. The second-order valence-electron chi connectivity index (χ2n) is 5.79. The average molecular weight is 451 g/mol. The van der Waals surface area contributed by atoms with Gasteiger partial charge in [-0.15, -0.1) is 0 Å². The Balaban J connectivity index is 1.82. The van der Waals surface area contributed by atoms with E-state index in [0.717, 1.165) is 17.3 Å². The van der Waals surface area contributed by atoms with Crippen molar-refractivity contribution < 1.29 is 14.3 Å². The van der Waals surface area contributed by atoms with Crippen molar-refractivity contribution in [1.82, 2.24) is 10.6 Å². The maximum atomic E-state index is 12.3. The molecule has 7 heteroatoms. The molecule has 5 nitrogen and oxygen atoms in total. The van der Waals surface area contributed by atoms with Crippen LogP contribution in [0, 0.1) is 0 Å². The molecule has 0 aliphatic rings. The molecule has 0 aliphatic heterocycles. The fraction of sp³-hybridized carbons (Fsp3) is 0.300. The lowest BCUT2D eigenvalue weighted by Gasteiger charge is -2.11. The van der Waals surface area contributed by atoms with Gasteiger partial charge in [-0.1, -0.05) is 30.3 Å². The Morgan fingerprint density at radius 1 is 1.15 bits per heavy atom. The molecule has 0 spiro atoms. The van der Waals surface area contributed by atoms with Crippen molar-refractivity contribution in [3.05, 3.63) is 64.1 Å². The molecule has 0 heterocycles. The largest absolute Gasteiger partial charge is 0.492 e. The van der Waals surface area contributed by atoms with Crippen molar-refractivity contribution in [2.75, 3.05) is 26.9 Å². The summed E-state index contributed by atoms with van der Waals surface area (Å²) in [7, 11) is 1.65. The van der Waals surface area contributed by atoms with Crippen molar-refractivity contribution >= 4 is 39.2 Å². The summed E-state index contributed by atoms with van der Waals surface area (Å²) in [6.07, 6.45) is 1.63. The summed E-state index contributed by atoms with van der Waals surface area (Å²) >= 11 is 8.58. The van der Waals surface area contributed by atoms with Gasteiger partial charge in [0.05, 0.1) is 11.1 Å². The van der Waals surface area contributed by atoms with Crippen LogP contribution in [0.25, 0.3) is 0 Å². The Bertz CT molecular complexity index is 756. The Labute approximate surface area is 173 Å². The molecule has 0 atom stereocenters. The minimum atomic E-state index is -0.268. The van der Waals surface area contributed by atoms with Gasteiger partial charge in [0.15, 0.2) is 5.11 Å². The van der Waals surface area contributed by atoms with Gasteiger partial charge in [-0.3, -0.25) is 10.1 Å². The summed E-state index contributed by atoms with van der Waals surface area (Å²) in [6, 6.07) is 15.4. The predicted molar refractivity (Wildman–Crippen MR) is 114 cm³/mol. The fourth-order valence-corrected chi connectivity index (χ4v) is 3.01. The number of ether oxygens (including phenoxy) is 2. The van der Waals surface area contributed by atoms with Crippen LogP contribution in [0.1, 0.15) is 22.3 Å². The van der Waals surface area contributed by atoms with Crippen LogP contribution in [0.4, 0.5) is 0 Å². The molecule has 144 valence electrons. The normalized spacial score (nSPS) is 10.3. The summed E-state index contributed by atoms with van der Waals surface area (Å²) in [4.78, 5) is 12.3. The second kappa shape index (κ2) is 11.7. The number of rotatable bonds is 9. The quantitative estimate of drug-likeness (QED) is 0.450. The first kappa shape index (κ1) is 21.3. The van der Waals surface area contributed by atoms with Gasteiger partial charge in [-0.2, -0.15) is 0 Å². The molecule has 2 rings (SSSR count). The lowest BCUT2D eigenvalue weighted by molar-refractivity contribution is 0.0976. The molecule has 0 saturated carbocycles. The van der Waals surface area contributed by atoms with Crippen LogP contribution in [0.15, 0.2) is 53.0 Å². The molecule has 0 unspecified atom stereocenters. The molecule has 0 aromatic heterocycles. The summed E-state index contributed by atoms with van der Waals surface area (Å²) < 4.78 is 11.5. The van der Waals surface area contributed by atoms with Gasteiger partial charge in [0.2, 0.25) is 0 Å². The number of nitrogens with one attached hydrogen (secondary N) is 2. The highest BCUT2D eigenvalue weighted by Crippen LogP contribution is 2.26. The van der Waals surface area contributed by atoms with Gasteiger partial charge in [-0.05, 0) is 58.3 Å². The summed E-state index contributed by atoms with van der Waals surface area (Å²) in [5.74, 6) is 0.429. The number of thiocarbonyl (C=S) groups is 1. The number of carbonyl (C=O) groups is 1. The summed E-state index contributed by atoms with van der Waals surface area (Å²) in [5, 5.41) is 5.94. The molecule has 0 saturated heterocycles. The average Bonchev–Trinajstić information content (AvgIpc) is 2.67. The number of carbonyl (C=O) groups excluding carboxylic acids is 1. The van der Waals surface area contributed by atoms with E-state index >= 15 is 0 Å². The first-order valence-corrected chi connectivity index (χ1v) is 9.84. The molecule has 2 N–H and O–H groups in total. The summed E-state index contributed by atoms with van der Waals surface area (Å²) in [5.41, 5.74) is 1.72. The molecule has 2 aromatic rings. The van der Waals surface area contributed by atoms with Gasteiger partial charge in [-0.25, -0.2) is 0 Å². The lowest BCUT2D eigenvalue weighted by Crippen LogP contribution is -2.39. The molecular formula is C20H23BrN2O3S. The molecule has 27 heavy (non-hydrogen) atoms. The minimum Gasteiger partial charge on any atom is -0.492 e. The maximum absolute atomic E-state index is 12.3. The number of methoxy groups -OCH3 is 1. The highest BCUT2D eigenvalue weighted by atomic mass is 79.9. The van der Waals surface area contributed by atoms with Gasteiger partial charge in [0.1, 0.15) is 5.75 Å². The first-order chi connectivity index (χ1) is 13.1.